The zero-order valence-corrected chi connectivity index (χ0v) is 14.3. The fraction of sp³-hybridized carbons (Fsp3) is 0.421. The number of aromatic nitrogens is 4. The molecule has 4 rings (SSSR count). The van der Waals surface area contributed by atoms with Gasteiger partial charge < -0.3 is 5.11 Å². The number of hydrogen-bond donors (Lipinski definition) is 1. The number of para-hydroxylation sites is 1. The van der Waals surface area contributed by atoms with E-state index in [1.807, 2.05) is 30.3 Å². The van der Waals surface area contributed by atoms with Gasteiger partial charge in [0, 0.05) is 0 Å². The van der Waals surface area contributed by atoms with Gasteiger partial charge in [0.15, 0.2) is 5.65 Å². The highest BCUT2D eigenvalue weighted by atomic mass is 16.3. The smallest absolute Gasteiger partial charge is 0.264 e. The Morgan fingerprint density at radius 1 is 1.24 bits per heavy atom. The fourth-order valence-electron chi connectivity index (χ4n) is 3.59. The van der Waals surface area contributed by atoms with E-state index in [4.69, 9.17) is 0 Å². The fourth-order valence-corrected chi connectivity index (χ4v) is 3.59. The number of aliphatic hydroxyl groups is 1. The largest absolute Gasteiger partial charge is 0.388 e. The summed E-state index contributed by atoms with van der Waals surface area (Å²) in [5, 5.41) is 15.6. The predicted molar refractivity (Wildman–Crippen MR) is 95.7 cm³/mol. The average molecular weight is 338 g/mol. The van der Waals surface area contributed by atoms with Crippen LogP contribution in [0.15, 0.2) is 47.7 Å². The van der Waals surface area contributed by atoms with Crippen LogP contribution in [0.4, 0.5) is 0 Å². The molecule has 0 amide bonds. The minimum atomic E-state index is -0.818. The van der Waals surface area contributed by atoms with Gasteiger partial charge in [-0.05, 0) is 43.7 Å². The molecule has 25 heavy (non-hydrogen) atoms. The molecule has 1 fully saturated rings. The third-order valence-electron chi connectivity index (χ3n) is 5.22. The molecule has 1 aromatic carbocycles. The predicted octanol–water partition coefficient (Wildman–Crippen LogP) is 2.52. The summed E-state index contributed by atoms with van der Waals surface area (Å²) in [6.07, 6.45) is 6.52. The monoisotopic (exact) mass is 338 g/mol. The molecule has 2 aromatic heterocycles. The Morgan fingerprint density at radius 2 is 1.96 bits per heavy atom. The van der Waals surface area contributed by atoms with Crippen LogP contribution in [0.5, 0.6) is 0 Å². The van der Waals surface area contributed by atoms with Crippen molar-refractivity contribution in [3.63, 3.8) is 0 Å². The van der Waals surface area contributed by atoms with Gasteiger partial charge in [0.1, 0.15) is 11.7 Å². The maximum Gasteiger partial charge on any atom is 0.264 e. The van der Waals surface area contributed by atoms with Crippen molar-refractivity contribution >= 4 is 11.0 Å². The Hall–Kier alpha value is -2.47. The van der Waals surface area contributed by atoms with Crippen LogP contribution in [0.3, 0.4) is 0 Å². The first kappa shape index (κ1) is 16.0. The lowest BCUT2D eigenvalue weighted by molar-refractivity contribution is -0.0226. The molecule has 0 atom stereocenters. The molecule has 0 spiro atoms. The van der Waals surface area contributed by atoms with Gasteiger partial charge in [-0.3, -0.25) is 9.36 Å². The normalized spacial score (nSPS) is 23.8. The standard InChI is InChI=1S/C19H22N4O2/c1-14-7-9-19(25,10-8-14)12-22-13-20-17-16(18(22)24)11-21-23(17)15-5-3-2-4-6-15/h2-6,11,13-14,25H,7-10,12H2,1H3. The Labute approximate surface area is 145 Å². The Morgan fingerprint density at radius 3 is 2.68 bits per heavy atom. The second-order valence-corrected chi connectivity index (χ2v) is 7.21. The van der Waals surface area contributed by atoms with Crippen LogP contribution >= 0.6 is 0 Å². The summed E-state index contributed by atoms with van der Waals surface area (Å²) < 4.78 is 3.19. The van der Waals surface area contributed by atoms with Crippen LogP contribution in [-0.4, -0.2) is 30.0 Å². The van der Waals surface area contributed by atoms with E-state index in [2.05, 4.69) is 17.0 Å². The highest BCUT2D eigenvalue weighted by Gasteiger charge is 2.32. The molecule has 0 radical (unpaired) electrons. The molecule has 130 valence electrons. The Bertz CT molecular complexity index is 937. The third-order valence-corrected chi connectivity index (χ3v) is 5.22. The van der Waals surface area contributed by atoms with Gasteiger partial charge in [0.2, 0.25) is 0 Å². The minimum Gasteiger partial charge on any atom is -0.388 e. The van der Waals surface area contributed by atoms with E-state index in [0.29, 0.717) is 17.0 Å². The van der Waals surface area contributed by atoms with Crippen LogP contribution in [-0.2, 0) is 6.54 Å². The molecule has 0 unspecified atom stereocenters. The second-order valence-electron chi connectivity index (χ2n) is 7.21. The first-order valence-electron chi connectivity index (χ1n) is 8.77. The highest BCUT2D eigenvalue weighted by Crippen LogP contribution is 2.32. The van der Waals surface area contributed by atoms with E-state index >= 15 is 0 Å². The first-order chi connectivity index (χ1) is 12.1. The lowest BCUT2D eigenvalue weighted by Gasteiger charge is -2.35. The zero-order chi connectivity index (χ0) is 17.4. The van der Waals surface area contributed by atoms with Crippen molar-refractivity contribution in [3.8, 4) is 5.69 Å². The SMILES string of the molecule is CC1CCC(O)(Cn2cnc3c(cnn3-c3ccccc3)c2=O)CC1. The van der Waals surface area contributed by atoms with Gasteiger partial charge >= 0.3 is 0 Å². The van der Waals surface area contributed by atoms with Crippen LogP contribution in [0.25, 0.3) is 16.7 Å². The molecular weight excluding hydrogens is 316 g/mol. The maximum absolute atomic E-state index is 12.8. The summed E-state index contributed by atoms with van der Waals surface area (Å²) in [5.41, 5.74) is 0.430. The molecular formula is C19H22N4O2. The molecule has 1 aliphatic rings. The molecule has 0 bridgehead atoms. The number of nitrogens with zero attached hydrogens (tertiary/aromatic N) is 4. The molecule has 6 nitrogen and oxygen atoms in total. The summed E-state index contributed by atoms with van der Waals surface area (Å²) in [6.45, 7) is 2.50. The van der Waals surface area contributed by atoms with Gasteiger partial charge in [0.05, 0.1) is 24.0 Å². The molecule has 1 N–H and O–H groups in total. The summed E-state index contributed by atoms with van der Waals surface area (Å²) in [4.78, 5) is 17.3. The number of rotatable bonds is 3. The average Bonchev–Trinajstić information content (AvgIpc) is 3.06. The minimum absolute atomic E-state index is 0.153. The molecule has 6 heteroatoms. The molecule has 1 saturated carbocycles. The van der Waals surface area contributed by atoms with Crippen LogP contribution in [0, 0.1) is 5.92 Å². The van der Waals surface area contributed by atoms with E-state index in [1.54, 1.807) is 10.9 Å². The maximum atomic E-state index is 12.8. The summed E-state index contributed by atoms with van der Waals surface area (Å²) >= 11 is 0. The van der Waals surface area contributed by atoms with Crippen molar-refractivity contribution in [2.24, 2.45) is 5.92 Å². The van der Waals surface area contributed by atoms with Gasteiger partial charge in [0.25, 0.3) is 5.56 Å². The Balaban J connectivity index is 1.69. The van der Waals surface area contributed by atoms with Crippen molar-refractivity contribution in [1.82, 2.24) is 19.3 Å². The molecule has 2 heterocycles. The number of hydrogen-bond acceptors (Lipinski definition) is 4. The van der Waals surface area contributed by atoms with Crippen LogP contribution < -0.4 is 5.56 Å². The van der Waals surface area contributed by atoms with E-state index in [-0.39, 0.29) is 12.1 Å². The summed E-state index contributed by atoms with van der Waals surface area (Å²) in [6, 6.07) is 9.62. The Kier molecular flexibility index (Phi) is 3.92. The van der Waals surface area contributed by atoms with Gasteiger partial charge in [-0.25, -0.2) is 9.67 Å². The van der Waals surface area contributed by atoms with Crippen molar-refractivity contribution in [2.45, 2.75) is 44.8 Å². The highest BCUT2D eigenvalue weighted by molar-refractivity contribution is 5.74. The van der Waals surface area contributed by atoms with E-state index in [1.165, 1.54) is 10.9 Å². The molecule has 0 aliphatic heterocycles. The summed E-state index contributed by atoms with van der Waals surface area (Å²) in [7, 11) is 0. The zero-order valence-electron chi connectivity index (χ0n) is 14.3. The lowest BCUT2D eigenvalue weighted by atomic mass is 9.79. The van der Waals surface area contributed by atoms with Crippen molar-refractivity contribution in [2.75, 3.05) is 0 Å². The van der Waals surface area contributed by atoms with Gasteiger partial charge in [-0.1, -0.05) is 25.1 Å². The topological polar surface area (TPSA) is 72.9 Å². The number of fused-ring (bicyclic) bond motifs is 1. The van der Waals surface area contributed by atoms with Gasteiger partial charge in [-0.15, -0.1) is 0 Å². The van der Waals surface area contributed by atoms with Crippen molar-refractivity contribution in [3.05, 3.63) is 53.2 Å². The van der Waals surface area contributed by atoms with E-state index < -0.39 is 5.60 Å². The first-order valence-corrected chi connectivity index (χ1v) is 8.77. The van der Waals surface area contributed by atoms with Crippen molar-refractivity contribution < 1.29 is 5.11 Å². The molecule has 0 saturated heterocycles. The van der Waals surface area contributed by atoms with Crippen molar-refractivity contribution in [1.29, 1.82) is 0 Å². The van der Waals surface area contributed by atoms with E-state index in [9.17, 15) is 9.90 Å². The number of benzene rings is 1. The van der Waals surface area contributed by atoms with Gasteiger partial charge in [-0.2, -0.15) is 5.10 Å². The van der Waals surface area contributed by atoms with E-state index in [0.717, 1.165) is 31.4 Å². The molecule has 1 aliphatic carbocycles. The van der Waals surface area contributed by atoms with Crippen LogP contribution in [0.2, 0.25) is 0 Å². The quantitative estimate of drug-likeness (QED) is 0.796. The second kappa shape index (κ2) is 6.11. The molecule has 3 aromatic rings. The third kappa shape index (κ3) is 2.98. The van der Waals surface area contributed by atoms with Crippen LogP contribution in [0.1, 0.15) is 32.6 Å². The lowest BCUT2D eigenvalue weighted by Crippen LogP contribution is -2.40. The summed E-state index contributed by atoms with van der Waals surface area (Å²) in [5.74, 6) is 0.640.